The first kappa shape index (κ1) is 11.5. The predicted molar refractivity (Wildman–Crippen MR) is 56.3 cm³/mol. The summed E-state index contributed by atoms with van der Waals surface area (Å²) in [6.45, 7) is 4.25. The van der Waals surface area contributed by atoms with Crippen LogP contribution in [0.1, 0.15) is 46.0 Å². The van der Waals surface area contributed by atoms with Crippen LogP contribution in [0.3, 0.4) is 0 Å². The summed E-state index contributed by atoms with van der Waals surface area (Å²) in [6.07, 6.45) is 5.01. The SMILES string of the molecule is CC(CCC(=O)O)NC(C)CC1CC1. The molecule has 0 aliphatic heterocycles. The number of hydrogen-bond donors (Lipinski definition) is 2. The molecule has 0 radical (unpaired) electrons. The number of carbonyl (C=O) groups is 1. The molecule has 1 aliphatic carbocycles. The van der Waals surface area contributed by atoms with Crippen LogP contribution in [0, 0.1) is 5.92 Å². The first-order valence-corrected chi connectivity index (χ1v) is 5.55. The van der Waals surface area contributed by atoms with Gasteiger partial charge in [0.05, 0.1) is 0 Å². The fraction of sp³-hybridized carbons (Fsp3) is 0.909. The summed E-state index contributed by atoms with van der Waals surface area (Å²) in [5.41, 5.74) is 0. The molecule has 1 fully saturated rings. The van der Waals surface area contributed by atoms with Crippen LogP contribution in [0.25, 0.3) is 0 Å². The van der Waals surface area contributed by atoms with Gasteiger partial charge in [0.2, 0.25) is 0 Å². The molecule has 0 amide bonds. The first-order valence-electron chi connectivity index (χ1n) is 5.55. The van der Waals surface area contributed by atoms with Crippen LogP contribution in [-0.2, 0) is 4.79 Å². The van der Waals surface area contributed by atoms with Crippen LogP contribution >= 0.6 is 0 Å². The quantitative estimate of drug-likeness (QED) is 0.659. The molecule has 82 valence electrons. The molecule has 0 aromatic carbocycles. The molecule has 0 heterocycles. The second kappa shape index (κ2) is 5.35. The Labute approximate surface area is 85.9 Å². The van der Waals surface area contributed by atoms with Gasteiger partial charge in [0, 0.05) is 18.5 Å². The lowest BCUT2D eigenvalue weighted by Gasteiger charge is -2.19. The molecule has 0 saturated heterocycles. The molecule has 3 heteroatoms. The Morgan fingerprint density at radius 1 is 1.43 bits per heavy atom. The van der Waals surface area contributed by atoms with Gasteiger partial charge < -0.3 is 10.4 Å². The third-order valence-corrected chi connectivity index (χ3v) is 2.74. The number of rotatable bonds is 7. The van der Waals surface area contributed by atoms with E-state index in [9.17, 15) is 4.79 Å². The van der Waals surface area contributed by atoms with Crippen LogP contribution in [0.2, 0.25) is 0 Å². The Bertz CT molecular complexity index is 190. The smallest absolute Gasteiger partial charge is 0.303 e. The molecule has 1 saturated carbocycles. The van der Waals surface area contributed by atoms with Crippen molar-refractivity contribution >= 4 is 5.97 Å². The van der Waals surface area contributed by atoms with Crippen molar-refractivity contribution in [3.63, 3.8) is 0 Å². The minimum Gasteiger partial charge on any atom is -0.481 e. The number of carboxylic acids is 1. The summed E-state index contributed by atoms with van der Waals surface area (Å²) in [7, 11) is 0. The molecule has 14 heavy (non-hydrogen) atoms. The standard InChI is InChI=1S/C11H21NO2/c1-8(3-6-11(13)14)12-9(2)7-10-4-5-10/h8-10,12H,3-7H2,1-2H3,(H,13,14). The monoisotopic (exact) mass is 199 g/mol. The van der Waals surface area contributed by atoms with E-state index in [2.05, 4.69) is 19.2 Å². The molecular formula is C11H21NO2. The summed E-state index contributed by atoms with van der Waals surface area (Å²) in [5, 5.41) is 12.0. The fourth-order valence-corrected chi connectivity index (χ4v) is 1.83. The summed E-state index contributed by atoms with van der Waals surface area (Å²) in [4.78, 5) is 10.3. The Morgan fingerprint density at radius 3 is 2.57 bits per heavy atom. The molecule has 0 spiro atoms. The fourth-order valence-electron chi connectivity index (χ4n) is 1.83. The Balaban J connectivity index is 2.05. The van der Waals surface area contributed by atoms with E-state index >= 15 is 0 Å². The van der Waals surface area contributed by atoms with Crippen LogP contribution in [0.4, 0.5) is 0 Å². The minimum atomic E-state index is -0.700. The zero-order valence-corrected chi connectivity index (χ0v) is 9.12. The van der Waals surface area contributed by atoms with E-state index in [0.29, 0.717) is 12.1 Å². The van der Waals surface area contributed by atoms with Gasteiger partial charge in [0.25, 0.3) is 0 Å². The zero-order valence-electron chi connectivity index (χ0n) is 9.12. The van der Waals surface area contributed by atoms with Crippen molar-refractivity contribution in [3.8, 4) is 0 Å². The second-order valence-electron chi connectivity index (χ2n) is 4.58. The number of nitrogens with one attached hydrogen (secondary N) is 1. The molecule has 2 N–H and O–H groups in total. The van der Waals surface area contributed by atoms with E-state index in [1.54, 1.807) is 0 Å². The maximum Gasteiger partial charge on any atom is 0.303 e. The van der Waals surface area contributed by atoms with Crippen molar-refractivity contribution in [1.29, 1.82) is 0 Å². The van der Waals surface area contributed by atoms with Gasteiger partial charge in [0.1, 0.15) is 0 Å². The highest BCUT2D eigenvalue weighted by Gasteiger charge is 2.23. The maximum atomic E-state index is 10.3. The van der Waals surface area contributed by atoms with Gasteiger partial charge in [-0.25, -0.2) is 0 Å². The minimum absolute atomic E-state index is 0.268. The Kier molecular flexibility index (Phi) is 4.39. The van der Waals surface area contributed by atoms with Crippen molar-refractivity contribution < 1.29 is 9.90 Å². The van der Waals surface area contributed by atoms with Crippen LogP contribution in [-0.4, -0.2) is 23.2 Å². The molecule has 1 rings (SSSR count). The maximum absolute atomic E-state index is 10.3. The van der Waals surface area contributed by atoms with Crippen LogP contribution in [0.15, 0.2) is 0 Å². The zero-order chi connectivity index (χ0) is 10.6. The number of hydrogen-bond acceptors (Lipinski definition) is 2. The first-order chi connectivity index (χ1) is 6.58. The van der Waals surface area contributed by atoms with Crippen molar-refractivity contribution in [2.24, 2.45) is 5.92 Å². The van der Waals surface area contributed by atoms with E-state index in [0.717, 1.165) is 12.3 Å². The summed E-state index contributed by atoms with van der Waals surface area (Å²) in [6, 6.07) is 0.853. The van der Waals surface area contributed by atoms with E-state index in [4.69, 9.17) is 5.11 Å². The average Bonchev–Trinajstić information content (AvgIpc) is 2.84. The van der Waals surface area contributed by atoms with Crippen molar-refractivity contribution in [2.45, 2.75) is 58.0 Å². The van der Waals surface area contributed by atoms with Crippen LogP contribution < -0.4 is 5.32 Å². The molecule has 2 atom stereocenters. The largest absolute Gasteiger partial charge is 0.481 e. The topological polar surface area (TPSA) is 49.3 Å². The molecule has 0 bridgehead atoms. The van der Waals surface area contributed by atoms with Gasteiger partial charge in [-0.1, -0.05) is 12.8 Å². The molecular weight excluding hydrogens is 178 g/mol. The Morgan fingerprint density at radius 2 is 2.07 bits per heavy atom. The van der Waals surface area contributed by atoms with E-state index in [1.807, 2.05) is 0 Å². The highest BCUT2D eigenvalue weighted by Crippen LogP contribution is 2.33. The van der Waals surface area contributed by atoms with E-state index in [1.165, 1.54) is 19.3 Å². The third kappa shape index (κ3) is 5.22. The van der Waals surface area contributed by atoms with Gasteiger partial charge >= 0.3 is 5.97 Å². The van der Waals surface area contributed by atoms with Crippen molar-refractivity contribution in [2.75, 3.05) is 0 Å². The van der Waals surface area contributed by atoms with Gasteiger partial charge in [0.15, 0.2) is 0 Å². The summed E-state index contributed by atoms with van der Waals surface area (Å²) < 4.78 is 0. The predicted octanol–water partition coefficient (Wildman–Crippen LogP) is 2.02. The average molecular weight is 199 g/mol. The normalized spacial score (nSPS) is 20.4. The van der Waals surface area contributed by atoms with Crippen molar-refractivity contribution in [3.05, 3.63) is 0 Å². The lowest BCUT2D eigenvalue weighted by molar-refractivity contribution is -0.137. The Hall–Kier alpha value is -0.570. The van der Waals surface area contributed by atoms with Gasteiger partial charge in [-0.05, 0) is 32.6 Å². The summed E-state index contributed by atoms with van der Waals surface area (Å²) in [5.74, 6) is 0.234. The van der Waals surface area contributed by atoms with Gasteiger partial charge in [-0.3, -0.25) is 4.79 Å². The molecule has 1 aliphatic rings. The van der Waals surface area contributed by atoms with Crippen molar-refractivity contribution in [1.82, 2.24) is 5.32 Å². The van der Waals surface area contributed by atoms with Gasteiger partial charge in [-0.2, -0.15) is 0 Å². The highest BCUT2D eigenvalue weighted by molar-refractivity contribution is 5.66. The van der Waals surface area contributed by atoms with Crippen LogP contribution in [0.5, 0.6) is 0 Å². The lowest BCUT2D eigenvalue weighted by Crippen LogP contribution is -2.35. The van der Waals surface area contributed by atoms with Gasteiger partial charge in [-0.15, -0.1) is 0 Å². The van der Waals surface area contributed by atoms with E-state index < -0.39 is 5.97 Å². The molecule has 0 aromatic rings. The third-order valence-electron chi connectivity index (χ3n) is 2.74. The molecule has 3 nitrogen and oxygen atoms in total. The lowest BCUT2D eigenvalue weighted by atomic mass is 10.1. The summed E-state index contributed by atoms with van der Waals surface area (Å²) >= 11 is 0. The number of carboxylic acid groups (broad SMARTS) is 1. The number of aliphatic carboxylic acids is 1. The second-order valence-corrected chi connectivity index (χ2v) is 4.58. The molecule has 0 aromatic heterocycles. The highest BCUT2D eigenvalue weighted by atomic mass is 16.4. The van der Waals surface area contributed by atoms with E-state index in [-0.39, 0.29) is 6.42 Å². The molecule has 2 unspecified atom stereocenters.